The fourth-order valence-electron chi connectivity index (χ4n) is 5.40. The van der Waals surface area contributed by atoms with Gasteiger partial charge >= 0.3 is 0 Å². The molecule has 1 atom stereocenters. The predicted octanol–water partition coefficient (Wildman–Crippen LogP) is 9.40. The molecular formula is C36H36ClN3O3S. The lowest BCUT2D eigenvalue weighted by atomic mass is 9.72. The predicted molar refractivity (Wildman–Crippen MR) is 179 cm³/mol. The first-order chi connectivity index (χ1) is 21.2. The maximum absolute atomic E-state index is 13.7. The number of rotatable bonds is 9. The summed E-state index contributed by atoms with van der Waals surface area (Å²) in [5.41, 5.74) is 4.83. The molecule has 8 heteroatoms. The molecule has 1 amide bonds. The molecule has 1 N–H and O–H groups in total. The minimum atomic E-state index is -0.164. The van der Waals surface area contributed by atoms with Gasteiger partial charge in [-0.3, -0.25) is 4.79 Å². The van der Waals surface area contributed by atoms with Crippen molar-refractivity contribution in [2.75, 3.05) is 11.9 Å². The number of nitriles is 1. The Kier molecular flexibility index (Phi) is 9.73. The van der Waals surface area contributed by atoms with Gasteiger partial charge in [-0.25, -0.2) is 4.99 Å². The summed E-state index contributed by atoms with van der Waals surface area (Å²) in [5.74, 6) is 1.55. The summed E-state index contributed by atoms with van der Waals surface area (Å²) in [4.78, 5) is 19.8. The van der Waals surface area contributed by atoms with Crippen molar-refractivity contribution >= 4 is 45.7 Å². The zero-order chi connectivity index (χ0) is 31.3. The minimum absolute atomic E-state index is 0.164. The van der Waals surface area contributed by atoms with Crippen LogP contribution in [-0.2, 0) is 19.4 Å². The van der Waals surface area contributed by atoms with E-state index in [4.69, 9.17) is 26.1 Å². The van der Waals surface area contributed by atoms with E-state index >= 15 is 0 Å². The molecule has 1 aromatic heterocycles. The van der Waals surface area contributed by atoms with Crippen molar-refractivity contribution in [1.82, 2.24) is 0 Å². The normalized spacial score (nSPS) is 14.6. The standard InChI is InChI=1S/C36H36ClN3O3S/c1-5-42-31-18-23(10-17-30(31)43-22-25-9-7-6-8-24(25)20-38)21-39-35-33(34(41)40-28-14-12-27(37)13-15-28)29-16-11-26(36(2,3)4)19-32(29)44-35/h6-10,12-15,17-18,21,26H,5,11,16,19,22H2,1-4H3,(H,40,41)/t26-/m1/s1. The highest BCUT2D eigenvalue weighted by atomic mass is 35.5. The van der Waals surface area contributed by atoms with E-state index in [1.165, 1.54) is 4.88 Å². The van der Waals surface area contributed by atoms with Crippen LogP contribution in [0.5, 0.6) is 11.5 Å². The molecule has 6 nitrogen and oxygen atoms in total. The van der Waals surface area contributed by atoms with Crippen molar-refractivity contribution in [1.29, 1.82) is 5.26 Å². The number of nitrogens with one attached hydrogen (secondary N) is 1. The molecule has 1 aliphatic carbocycles. The fraction of sp³-hybridized carbons (Fsp3) is 0.306. The fourth-order valence-corrected chi connectivity index (χ4v) is 6.79. The van der Waals surface area contributed by atoms with Crippen LogP contribution in [0.4, 0.5) is 10.7 Å². The first kappa shape index (κ1) is 31.3. The summed E-state index contributed by atoms with van der Waals surface area (Å²) >= 11 is 7.66. The van der Waals surface area contributed by atoms with Gasteiger partial charge in [-0.05, 0) is 97.2 Å². The van der Waals surface area contributed by atoms with E-state index in [0.29, 0.717) is 50.9 Å². The number of halogens is 1. The van der Waals surface area contributed by atoms with Gasteiger partial charge in [-0.2, -0.15) is 5.26 Å². The number of nitrogens with zero attached hydrogens (tertiary/aromatic N) is 2. The Morgan fingerprint density at radius 3 is 2.61 bits per heavy atom. The van der Waals surface area contributed by atoms with Crippen molar-refractivity contribution in [3.8, 4) is 17.6 Å². The number of anilines is 1. The Bertz CT molecular complexity index is 1710. The number of carbonyl (C=O) groups excluding carboxylic acids is 1. The van der Waals surface area contributed by atoms with Gasteiger partial charge in [0.15, 0.2) is 11.5 Å². The molecule has 1 aliphatic rings. The number of ether oxygens (including phenoxy) is 2. The molecule has 0 bridgehead atoms. The number of hydrogen-bond acceptors (Lipinski definition) is 6. The monoisotopic (exact) mass is 625 g/mol. The third-order valence-electron chi connectivity index (χ3n) is 7.92. The largest absolute Gasteiger partial charge is 0.490 e. The second-order valence-corrected chi connectivity index (χ2v) is 13.4. The third kappa shape index (κ3) is 7.32. The van der Waals surface area contributed by atoms with E-state index < -0.39 is 0 Å². The van der Waals surface area contributed by atoms with E-state index in [1.807, 2.05) is 43.3 Å². The Balaban J connectivity index is 1.43. The topological polar surface area (TPSA) is 83.7 Å². The molecule has 4 aromatic rings. The van der Waals surface area contributed by atoms with Gasteiger partial charge in [0, 0.05) is 27.4 Å². The van der Waals surface area contributed by atoms with E-state index in [9.17, 15) is 10.1 Å². The number of hydrogen-bond donors (Lipinski definition) is 1. The summed E-state index contributed by atoms with van der Waals surface area (Å²) in [6.45, 7) is 9.49. The van der Waals surface area contributed by atoms with Crippen LogP contribution in [0.25, 0.3) is 0 Å². The highest BCUT2D eigenvalue weighted by Gasteiger charge is 2.33. The smallest absolute Gasteiger partial charge is 0.259 e. The summed E-state index contributed by atoms with van der Waals surface area (Å²) in [7, 11) is 0. The van der Waals surface area contributed by atoms with Crippen LogP contribution in [0, 0.1) is 22.7 Å². The first-order valence-corrected chi connectivity index (χ1v) is 16.0. The number of amides is 1. The van der Waals surface area contributed by atoms with Crippen molar-refractivity contribution in [2.45, 2.75) is 53.6 Å². The molecule has 0 spiro atoms. The average molecular weight is 626 g/mol. The summed E-state index contributed by atoms with van der Waals surface area (Å²) in [5, 5.41) is 13.8. The molecule has 226 valence electrons. The van der Waals surface area contributed by atoms with E-state index in [1.54, 1.807) is 47.9 Å². The highest BCUT2D eigenvalue weighted by molar-refractivity contribution is 7.16. The van der Waals surface area contributed by atoms with E-state index in [2.05, 4.69) is 32.2 Å². The van der Waals surface area contributed by atoms with Crippen LogP contribution in [-0.4, -0.2) is 18.7 Å². The molecule has 44 heavy (non-hydrogen) atoms. The van der Waals surface area contributed by atoms with Crippen LogP contribution in [0.3, 0.4) is 0 Å². The summed E-state index contributed by atoms with van der Waals surface area (Å²) in [6.07, 6.45) is 4.60. The van der Waals surface area contributed by atoms with Crippen LogP contribution in [0.1, 0.15) is 71.6 Å². The number of fused-ring (bicyclic) bond motifs is 1. The molecule has 0 unspecified atom stereocenters. The van der Waals surface area contributed by atoms with Gasteiger partial charge in [0.25, 0.3) is 5.91 Å². The van der Waals surface area contributed by atoms with Gasteiger partial charge in [-0.15, -0.1) is 11.3 Å². The third-order valence-corrected chi connectivity index (χ3v) is 9.33. The SMILES string of the molecule is CCOc1cc(C=Nc2sc3c(c2C(=O)Nc2ccc(Cl)cc2)CC[C@@H](C(C)(C)C)C3)ccc1OCc1ccccc1C#N. The van der Waals surface area contributed by atoms with E-state index in [-0.39, 0.29) is 17.9 Å². The molecule has 1 heterocycles. The van der Waals surface area contributed by atoms with E-state index in [0.717, 1.165) is 36.0 Å². The molecule has 0 fully saturated rings. The van der Waals surface area contributed by atoms with Gasteiger partial charge < -0.3 is 14.8 Å². The van der Waals surface area contributed by atoms with Gasteiger partial charge in [0.1, 0.15) is 11.6 Å². The molecule has 0 radical (unpaired) electrons. The maximum atomic E-state index is 13.7. The van der Waals surface area contributed by atoms with Crippen LogP contribution in [0.15, 0.2) is 71.7 Å². The Morgan fingerprint density at radius 1 is 1.11 bits per heavy atom. The lowest BCUT2D eigenvalue weighted by Gasteiger charge is -2.33. The van der Waals surface area contributed by atoms with Crippen LogP contribution >= 0.6 is 22.9 Å². The van der Waals surface area contributed by atoms with Crippen molar-refractivity contribution in [3.05, 3.63) is 104 Å². The summed E-state index contributed by atoms with van der Waals surface area (Å²) < 4.78 is 12.0. The van der Waals surface area contributed by atoms with Gasteiger partial charge in [0.2, 0.25) is 0 Å². The Morgan fingerprint density at radius 2 is 1.89 bits per heavy atom. The number of benzene rings is 3. The average Bonchev–Trinajstić information content (AvgIpc) is 3.38. The lowest BCUT2D eigenvalue weighted by molar-refractivity contribution is 0.102. The zero-order valence-corrected chi connectivity index (χ0v) is 27.0. The quantitative estimate of drug-likeness (QED) is 0.188. The van der Waals surface area contributed by atoms with Crippen molar-refractivity contribution in [3.63, 3.8) is 0 Å². The molecule has 0 aliphatic heterocycles. The minimum Gasteiger partial charge on any atom is -0.490 e. The molecule has 0 saturated heterocycles. The lowest BCUT2D eigenvalue weighted by Crippen LogP contribution is -2.27. The zero-order valence-electron chi connectivity index (χ0n) is 25.4. The summed E-state index contributed by atoms with van der Waals surface area (Å²) in [6, 6.07) is 22.4. The number of carbonyl (C=O) groups is 1. The second-order valence-electron chi connectivity index (χ2n) is 11.9. The van der Waals surface area contributed by atoms with Crippen molar-refractivity contribution < 1.29 is 14.3 Å². The number of aliphatic imine (C=N–C) groups is 1. The van der Waals surface area contributed by atoms with Gasteiger partial charge in [-0.1, -0.05) is 50.6 Å². The molecule has 3 aromatic carbocycles. The highest BCUT2D eigenvalue weighted by Crippen LogP contribution is 2.45. The van der Waals surface area contributed by atoms with Crippen LogP contribution in [0.2, 0.25) is 5.02 Å². The van der Waals surface area contributed by atoms with Crippen molar-refractivity contribution in [2.24, 2.45) is 16.3 Å². The van der Waals surface area contributed by atoms with Crippen LogP contribution < -0.4 is 14.8 Å². The molecule has 0 saturated carbocycles. The first-order valence-electron chi connectivity index (χ1n) is 14.8. The maximum Gasteiger partial charge on any atom is 0.259 e. The Hall–Kier alpha value is -4.12. The molecule has 5 rings (SSSR count). The van der Waals surface area contributed by atoms with Gasteiger partial charge in [0.05, 0.1) is 23.8 Å². The Labute approximate surface area is 268 Å². The number of thiophene rings is 1. The second kappa shape index (κ2) is 13.7. The molecular weight excluding hydrogens is 590 g/mol.